The van der Waals surface area contributed by atoms with Crippen LogP contribution in [0.1, 0.15) is 20.3 Å². The summed E-state index contributed by atoms with van der Waals surface area (Å²) in [5.74, 6) is 0.337. The summed E-state index contributed by atoms with van der Waals surface area (Å²) in [5.41, 5.74) is 5.96. The first-order valence-corrected chi connectivity index (χ1v) is 9.36. The summed E-state index contributed by atoms with van der Waals surface area (Å²) < 4.78 is 27.7. The quantitative estimate of drug-likeness (QED) is 0.757. The molecule has 0 spiro atoms. The molecule has 1 aromatic rings. The van der Waals surface area contributed by atoms with Crippen molar-refractivity contribution in [3.63, 3.8) is 0 Å². The normalized spacial score (nSPS) is 14.0. The molecule has 20 heavy (non-hydrogen) atoms. The van der Waals surface area contributed by atoms with Gasteiger partial charge < -0.3 is 5.73 Å². The van der Waals surface area contributed by atoms with E-state index in [1.54, 1.807) is 25.2 Å². The molecule has 0 saturated heterocycles. The first-order chi connectivity index (χ1) is 9.16. The molecule has 1 unspecified atom stereocenters. The molecule has 1 aromatic carbocycles. The largest absolute Gasteiger partial charge is 0.327 e. The highest BCUT2D eigenvalue weighted by molar-refractivity contribution is 9.11. The van der Waals surface area contributed by atoms with E-state index in [-0.39, 0.29) is 10.9 Å². The lowest BCUT2D eigenvalue weighted by atomic mass is 10.0. The zero-order chi connectivity index (χ0) is 15.5. The van der Waals surface area contributed by atoms with Crippen LogP contribution in [0.4, 0.5) is 0 Å². The van der Waals surface area contributed by atoms with Crippen molar-refractivity contribution in [3.05, 3.63) is 27.1 Å². The third kappa shape index (κ3) is 4.53. The van der Waals surface area contributed by atoms with Gasteiger partial charge in [0.2, 0.25) is 10.0 Å². The minimum absolute atomic E-state index is 0.00130. The van der Waals surface area contributed by atoms with E-state index < -0.39 is 10.0 Å². The minimum Gasteiger partial charge on any atom is -0.327 e. The number of rotatable bonds is 6. The van der Waals surface area contributed by atoms with E-state index in [1.807, 2.05) is 13.8 Å². The molecule has 0 radical (unpaired) electrons. The highest BCUT2D eigenvalue weighted by Gasteiger charge is 2.24. The maximum atomic E-state index is 12.5. The predicted octanol–water partition coefficient (Wildman–Crippen LogP) is 3.21. The Morgan fingerprint density at radius 1 is 1.30 bits per heavy atom. The average molecular weight is 428 g/mol. The van der Waals surface area contributed by atoms with Crippen molar-refractivity contribution in [3.8, 4) is 0 Å². The van der Waals surface area contributed by atoms with Crippen LogP contribution in [-0.2, 0) is 10.0 Å². The summed E-state index contributed by atoms with van der Waals surface area (Å²) in [6, 6.07) is 5.10. The van der Waals surface area contributed by atoms with E-state index in [1.165, 1.54) is 4.31 Å². The maximum absolute atomic E-state index is 12.5. The molecular weight excluding hydrogens is 408 g/mol. The summed E-state index contributed by atoms with van der Waals surface area (Å²) >= 11 is 6.58. The smallest absolute Gasteiger partial charge is 0.243 e. The van der Waals surface area contributed by atoms with Gasteiger partial charge in [-0.15, -0.1) is 0 Å². The number of hydrogen-bond acceptors (Lipinski definition) is 3. The van der Waals surface area contributed by atoms with Crippen molar-refractivity contribution in [1.82, 2.24) is 4.31 Å². The Morgan fingerprint density at radius 3 is 2.45 bits per heavy atom. The van der Waals surface area contributed by atoms with Crippen LogP contribution in [0, 0.1) is 5.92 Å². The number of nitrogens with two attached hydrogens (primary N) is 1. The minimum atomic E-state index is -3.51. The lowest BCUT2D eigenvalue weighted by molar-refractivity contribution is 0.397. The molecule has 0 aliphatic rings. The van der Waals surface area contributed by atoms with E-state index in [9.17, 15) is 8.42 Å². The Bertz CT molecular complexity index is 561. The number of sulfonamides is 1. The molecule has 0 amide bonds. The lowest BCUT2D eigenvalue weighted by Crippen LogP contribution is -2.34. The Labute approximate surface area is 138 Å². The molecule has 0 bridgehead atoms. The van der Waals surface area contributed by atoms with Crippen molar-refractivity contribution in [2.45, 2.75) is 31.2 Å². The van der Waals surface area contributed by atoms with Gasteiger partial charge in [-0.25, -0.2) is 12.7 Å². The highest BCUT2D eigenvalue weighted by Crippen LogP contribution is 2.27. The average Bonchev–Trinajstić information content (AvgIpc) is 2.37. The topological polar surface area (TPSA) is 63.4 Å². The van der Waals surface area contributed by atoms with Gasteiger partial charge in [0.05, 0.1) is 4.90 Å². The van der Waals surface area contributed by atoms with Gasteiger partial charge in [0.15, 0.2) is 0 Å². The van der Waals surface area contributed by atoms with E-state index >= 15 is 0 Å². The summed E-state index contributed by atoms with van der Waals surface area (Å²) in [6.45, 7) is 4.47. The second kappa shape index (κ2) is 7.35. The standard InChI is InChI=1S/C13H20Br2N2O2S/c1-9(2)12(16)6-7-17(3)20(18,19)13-8-10(14)4-5-11(13)15/h4-5,8-9,12H,6-7,16H2,1-3H3. The summed E-state index contributed by atoms with van der Waals surface area (Å²) in [5, 5.41) is 0. The second-order valence-electron chi connectivity index (χ2n) is 5.10. The van der Waals surface area contributed by atoms with Crippen molar-refractivity contribution in [1.29, 1.82) is 0 Å². The number of nitrogens with zero attached hydrogens (tertiary/aromatic N) is 1. The molecule has 0 saturated carbocycles. The van der Waals surface area contributed by atoms with Gasteiger partial charge in [0.25, 0.3) is 0 Å². The number of benzene rings is 1. The number of halogens is 2. The van der Waals surface area contributed by atoms with Crippen LogP contribution in [-0.4, -0.2) is 32.4 Å². The van der Waals surface area contributed by atoms with Gasteiger partial charge in [0.1, 0.15) is 0 Å². The van der Waals surface area contributed by atoms with E-state index in [2.05, 4.69) is 31.9 Å². The molecule has 2 N–H and O–H groups in total. The van der Waals surface area contributed by atoms with Gasteiger partial charge >= 0.3 is 0 Å². The molecule has 0 aliphatic carbocycles. The fraction of sp³-hybridized carbons (Fsp3) is 0.538. The SMILES string of the molecule is CC(C)C(N)CCN(C)S(=O)(=O)c1cc(Br)ccc1Br. The molecule has 4 nitrogen and oxygen atoms in total. The van der Waals surface area contributed by atoms with Gasteiger partial charge in [-0.1, -0.05) is 29.8 Å². The summed E-state index contributed by atoms with van der Waals surface area (Å²) in [7, 11) is -1.93. The van der Waals surface area contributed by atoms with Gasteiger partial charge in [-0.3, -0.25) is 0 Å². The van der Waals surface area contributed by atoms with Crippen molar-refractivity contribution in [2.75, 3.05) is 13.6 Å². The summed E-state index contributed by atoms with van der Waals surface area (Å²) in [4.78, 5) is 0.257. The highest BCUT2D eigenvalue weighted by atomic mass is 79.9. The van der Waals surface area contributed by atoms with Crippen LogP contribution in [0.15, 0.2) is 32.0 Å². The van der Waals surface area contributed by atoms with Crippen LogP contribution in [0.25, 0.3) is 0 Å². The fourth-order valence-corrected chi connectivity index (χ4v) is 4.27. The molecule has 1 rings (SSSR count). The zero-order valence-electron chi connectivity index (χ0n) is 11.8. The van der Waals surface area contributed by atoms with Crippen LogP contribution >= 0.6 is 31.9 Å². The monoisotopic (exact) mass is 426 g/mol. The second-order valence-corrected chi connectivity index (χ2v) is 8.88. The van der Waals surface area contributed by atoms with Crippen molar-refractivity contribution >= 4 is 41.9 Å². The van der Waals surface area contributed by atoms with E-state index in [0.29, 0.717) is 23.4 Å². The number of hydrogen-bond donors (Lipinski definition) is 1. The third-order valence-corrected chi connectivity index (χ3v) is 6.56. The van der Waals surface area contributed by atoms with Gasteiger partial charge in [-0.2, -0.15) is 0 Å². The molecule has 0 heterocycles. The Morgan fingerprint density at radius 2 is 1.90 bits per heavy atom. The van der Waals surface area contributed by atoms with Crippen molar-refractivity contribution < 1.29 is 8.42 Å². The summed E-state index contributed by atoms with van der Waals surface area (Å²) in [6.07, 6.45) is 0.638. The Hall–Kier alpha value is 0.0500. The lowest BCUT2D eigenvalue weighted by Gasteiger charge is -2.21. The fourth-order valence-electron chi connectivity index (χ4n) is 1.63. The van der Waals surface area contributed by atoms with Crippen LogP contribution in [0.5, 0.6) is 0 Å². The van der Waals surface area contributed by atoms with Crippen LogP contribution < -0.4 is 5.73 Å². The molecule has 7 heteroatoms. The maximum Gasteiger partial charge on any atom is 0.243 e. The first kappa shape index (κ1) is 18.1. The molecular formula is C13H20Br2N2O2S. The Balaban J connectivity index is 2.90. The van der Waals surface area contributed by atoms with E-state index in [0.717, 1.165) is 4.47 Å². The van der Waals surface area contributed by atoms with E-state index in [4.69, 9.17) is 5.73 Å². The van der Waals surface area contributed by atoms with Crippen LogP contribution in [0.2, 0.25) is 0 Å². The Kier molecular flexibility index (Phi) is 6.66. The molecule has 1 atom stereocenters. The predicted molar refractivity (Wildman–Crippen MR) is 89.1 cm³/mol. The third-order valence-electron chi connectivity index (χ3n) is 3.22. The zero-order valence-corrected chi connectivity index (χ0v) is 15.8. The first-order valence-electron chi connectivity index (χ1n) is 6.33. The molecule has 0 aromatic heterocycles. The van der Waals surface area contributed by atoms with Crippen LogP contribution in [0.3, 0.4) is 0 Å². The van der Waals surface area contributed by atoms with Crippen molar-refractivity contribution in [2.24, 2.45) is 11.7 Å². The molecule has 114 valence electrons. The molecule has 0 aliphatic heterocycles. The van der Waals surface area contributed by atoms with Gasteiger partial charge in [-0.05, 0) is 46.5 Å². The van der Waals surface area contributed by atoms with Gasteiger partial charge in [0, 0.05) is 28.6 Å². The molecule has 0 fully saturated rings.